The molecule has 0 bridgehead atoms. The fourth-order valence-electron chi connectivity index (χ4n) is 12.7. The molecule has 7 fully saturated rings. The van der Waals surface area contributed by atoms with E-state index >= 15 is 0 Å². The van der Waals surface area contributed by atoms with Crippen LogP contribution in [0.5, 0.6) is 0 Å². The van der Waals surface area contributed by atoms with Crippen LogP contribution in [0.15, 0.2) is 0 Å². The Hall–Kier alpha value is -5.71. The first-order valence-electron chi connectivity index (χ1n) is 32.5. The predicted octanol–water partition coefficient (Wildman–Crippen LogP) is 0.828. The number of fused-ring (bicyclic) bond motifs is 2. The zero-order valence-corrected chi connectivity index (χ0v) is 55.3. The van der Waals surface area contributed by atoms with Gasteiger partial charge in [-0.2, -0.15) is 55.3 Å². The first-order valence-corrected chi connectivity index (χ1v) is 37.8. The van der Waals surface area contributed by atoms with Crippen molar-refractivity contribution < 1.29 is 64.3 Å². The summed E-state index contributed by atoms with van der Waals surface area (Å²) in [5, 5.41) is 29.1. The molecule has 7 aliphatic heterocycles. The lowest BCUT2D eigenvalue weighted by Gasteiger charge is -2.36. The van der Waals surface area contributed by atoms with E-state index in [9.17, 15) is 64.3 Å². The SMILES string of the molecule is CC1CCN(c2nc(N3CCC(NC(=O)C(CS(=O)(=O)O)NC(=O)CCCCCNC(=O)CCCC[C@@H]4SC[C@@H]5NC(=O)N[C@@H]54)CC3)nc(N3CCC(NC(=O)C(CS(=O)(=O)O)NC(=O)CCCCCNC(=O)CCCC[C@@H]4SC[C@H]5NC(=O)N[C@@H]45)CC3)n2)CC1. The van der Waals surface area contributed by atoms with Gasteiger partial charge in [-0.15, -0.1) is 0 Å². The van der Waals surface area contributed by atoms with Gasteiger partial charge in [0.1, 0.15) is 23.6 Å². The Kier molecular flexibility index (Phi) is 26.9. The van der Waals surface area contributed by atoms with Crippen molar-refractivity contribution in [3.05, 3.63) is 0 Å². The second-order valence-electron chi connectivity index (χ2n) is 25.2. The van der Waals surface area contributed by atoms with Crippen molar-refractivity contribution in [2.45, 2.75) is 207 Å². The molecule has 91 heavy (non-hydrogen) atoms. The van der Waals surface area contributed by atoms with Crippen molar-refractivity contribution in [1.29, 1.82) is 0 Å². The maximum Gasteiger partial charge on any atom is 0.315 e. The second-order valence-corrected chi connectivity index (χ2v) is 30.8. The number of hydrogen-bond acceptors (Lipinski definition) is 20. The van der Waals surface area contributed by atoms with Crippen molar-refractivity contribution in [2.24, 2.45) is 5.92 Å². The van der Waals surface area contributed by atoms with E-state index in [1.165, 1.54) is 0 Å². The summed E-state index contributed by atoms with van der Waals surface area (Å²) in [5.41, 5.74) is 0. The molecule has 8 rings (SSSR count). The number of carbonyl (C=O) groups is 8. The highest BCUT2D eigenvalue weighted by Gasteiger charge is 2.44. The Morgan fingerprint density at radius 2 is 0.857 bits per heavy atom. The summed E-state index contributed by atoms with van der Waals surface area (Å²) >= 11 is 3.69. The third-order valence-corrected chi connectivity index (χ3v) is 22.5. The number of piperidine rings is 3. The van der Waals surface area contributed by atoms with Crippen LogP contribution in [-0.2, 0) is 49.0 Å². The number of unbranched alkanes of at least 4 members (excludes halogenated alkanes) is 6. The van der Waals surface area contributed by atoms with Crippen LogP contribution < -0.4 is 67.9 Å². The van der Waals surface area contributed by atoms with E-state index in [1.54, 1.807) is 0 Å². The maximum absolute atomic E-state index is 13.6. The molecule has 510 valence electrons. The Morgan fingerprint density at radius 3 is 1.23 bits per heavy atom. The second kappa shape index (κ2) is 34.4. The lowest BCUT2D eigenvalue weighted by molar-refractivity contribution is -0.129. The van der Waals surface area contributed by atoms with Gasteiger partial charge >= 0.3 is 12.1 Å². The molecule has 8 heterocycles. The van der Waals surface area contributed by atoms with Crippen LogP contribution in [-0.4, -0.2) is 223 Å². The van der Waals surface area contributed by atoms with E-state index in [-0.39, 0.29) is 60.9 Å². The zero-order chi connectivity index (χ0) is 65.1. The summed E-state index contributed by atoms with van der Waals surface area (Å²) in [4.78, 5) is 122. The number of aromatic nitrogens is 3. The third-order valence-electron chi connectivity index (χ3n) is 17.9. The Bertz CT molecular complexity index is 2720. The summed E-state index contributed by atoms with van der Waals surface area (Å²) in [6, 6.07) is -3.53. The maximum atomic E-state index is 13.6. The van der Waals surface area contributed by atoms with Crippen molar-refractivity contribution in [3.63, 3.8) is 0 Å². The van der Waals surface area contributed by atoms with Crippen LogP contribution in [0, 0.1) is 5.92 Å². The fourth-order valence-corrected chi connectivity index (χ4v) is 17.1. The van der Waals surface area contributed by atoms with Crippen molar-refractivity contribution in [3.8, 4) is 0 Å². The number of thioether (sulfide) groups is 2. The first kappa shape index (κ1) is 71.1. The number of nitrogens with one attached hydrogen (secondary N) is 10. The molecule has 34 heteroatoms. The van der Waals surface area contributed by atoms with Crippen LogP contribution in [0.4, 0.5) is 27.4 Å². The molecule has 1 aromatic rings. The lowest BCUT2D eigenvalue weighted by atomic mass is 10.00. The van der Waals surface area contributed by atoms with Gasteiger partial charge < -0.3 is 67.9 Å². The summed E-state index contributed by atoms with van der Waals surface area (Å²) in [6.07, 6.45) is 12.7. The van der Waals surface area contributed by atoms with E-state index in [2.05, 4.69) is 65.0 Å². The van der Waals surface area contributed by atoms with Crippen molar-refractivity contribution in [1.82, 2.24) is 68.1 Å². The molecule has 2 unspecified atom stereocenters. The summed E-state index contributed by atoms with van der Waals surface area (Å²) in [5.74, 6) is -1.06. The van der Waals surface area contributed by atoms with Gasteiger partial charge in [-0.05, 0) is 95.8 Å². The van der Waals surface area contributed by atoms with Crippen LogP contribution in [0.25, 0.3) is 0 Å². The van der Waals surface area contributed by atoms with Crippen LogP contribution >= 0.6 is 23.5 Å². The molecular weight excluding hydrogens is 1260 g/mol. The Labute approximate surface area is 541 Å². The molecule has 30 nitrogen and oxygen atoms in total. The lowest BCUT2D eigenvalue weighted by Crippen LogP contribution is -2.54. The zero-order valence-electron chi connectivity index (χ0n) is 52.0. The van der Waals surface area contributed by atoms with Gasteiger partial charge in [0.05, 0.1) is 24.2 Å². The number of carbonyl (C=O) groups excluding carboxylic acids is 8. The minimum Gasteiger partial charge on any atom is -0.356 e. The topological polar surface area (TPSA) is 414 Å². The molecule has 0 radical (unpaired) electrons. The molecule has 1 aromatic heterocycles. The van der Waals surface area contributed by atoms with Gasteiger partial charge in [0.15, 0.2) is 0 Å². The van der Waals surface area contributed by atoms with Gasteiger partial charge in [0.2, 0.25) is 53.3 Å². The summed E-state index contributed by atoms with van der Waals surface area (Å²) < 4.78 is 67.7. The van der Waals surface area contributed by atoms with Gasteiger partial charge in [0, 0.05) is 112 Å². The van der Waals surface area contributed by atoms with Crippen LogP contribution in [0.1, 0.15) is 148 Å². The first-order chi connectivity index (χ1) is 43.5. The average molecular weight is 1360 g/mol. The largest absolute Gasteiger partial charge is 0.356 e. The quantitative estimate of drug-likeness (QED) is 0.0254. The normalized spacial score (nSPS) is 23.6. The van der Waals surface area contributed by atoms with Crippen LogP contribution in [0.3, 0.4) is 0 Å². The minimum atomic E-state index is -4.67. The molecule has 0 saturated carbocycles. The number of hydrogen-bond donors (Lipinski definition) is 12. The minimum absolute atomic E-state index is 0.00152. The summed E-state index contributed by atoms with van der Waals surface area (Å²) in [6.45, 7) is 6.17. The monoisotopic (exact) mass is 1350 g/mol. The fraction of sp³-hybridized carbons (Fsp3) is 0.807. The standard InChI is InChI=1S/C57H94N16O14S4/c1-36-18-26-71(27-19-36)53-68-54(72-28-20-37(21-29-72)60-51(78)41(34-90(82,83)84)62-47(76)16-4-2-10-24-58-45(74)14-8-6-12-43-49-39(32-88-43)64-56(80)66-49)70-55(69-53)73-30-22-38(23-31-73)61-52(79)42(35-91(85,86)87)63-48(77)17-5-3-11-25-59-46(75)15-9-7-13-44-50-40(33-89-44)65-57(81)67-50/h36-44,49-50H,2-35H2,1H3,(H,58,74)(H,59,75)(H,60,78)(H,61,79)(H,62,76)(H,63,77)(H2,64,66,80)(H2,65,67,81)(H,82,83,84)(H,85,86,87)/t39-,40+,41?,42?,43-,44-,49-,50+/m0/s1. The highest BCUT2D eigenvalue weighted by molar-refractivity contribution is 8.00. The number of urea groups is 2. The predicted molar refractivity (Wildman–Crippen MR) is 345 cm³/mol. The van der Waals surface area contributed by atoms with Crippen LogP contribution in [0.2, 0.25) is 0 Å². The summed E-state index contributed by atoms with van der Waals surface area (Å²) in [7, 11) is -9.34. The number of nitrogens with zero attached hydrogens (tertiary/aromatic N) is 6. The Balaban J connectivity index is 0.732. The van der Waals surface area contributed by atoms with Gasteiger partial charge in [-0.25, -0.2) is 9.59 Å². The smallest absolute Gasteiger partial charge is 0.315 e. The van der Waals surface area contributed by atoms with Crippen molar-refractivity contribution >= 4 is 109 Å². The molecule has 0 aliphatic carbocycles. The molecule has 7 aliphatic rings. The molecule has 0 spiro atoms. The molecule has 10 amide bonds. The van der Waals surface area contributed by atoms with Gasteiger partial charge in [-0.3, -0.25) is 37.9 Å². The van der Waals surface area contributed by atoms with Gasteiger partial charge in [0.25, 0.3) is 20.2 Å². The number of amides is 10. The van der Waals surface area contributed by atoms with E-state index in [0.717, 1.165) is 76.0 Å². The number of anilines is 3. The molecule has 12 N–H and O–H groups in total. The van der Waals surface area contributed by atoms with E-state index in [0.29, 0.717) is 151 Å². The molecule has 8 atom stereocenters. The third kappa shape index (κ3) is 23.4. The Morgan fingerprint density at radius 1 is 0.505 bits per heavy atom. The number of rotatable bonds is 35. The highest BCUT2D eigenvalue weighted by atomic mass is 32.2. The van der Waals surface area contributed by atoms with E-state index in [1.807, 2.05) is 33.3 Å². The van der Waals surface area contributed by atoms with E-state index in [4.69, 9.17) is 15.0 Å². The molecular formula is C57H94N16O14S4. The molecule has 7 saturated heterocycles. The van der Waals surface area contributed by atoms with Gasteiger partial charge in [-0.1, -0.05) is 32.6 Å². The van der Waals surface area contributed by atoms with Crippen molar-refractivity contribution in [2.75, 3.05) is 90.1 Å². The highest BCUT2D eigenvalue weighted by Crippen LogP contribution is 2.35. The van der Waals surface area contributed by atoms with E-state index < -0.39 is 79.5 Å². The molecule has 0 aromatic carbocycles. The average Bonchev–Trinajstić information content (AvgIpc) is 2.40.